The summed E-state index contributed by atoms with van der Waals surface area (Å²) in [6, 6.07) is 3.28. The van der Waals surface area contributed by atoms with E-state index in [1.165, 1.54) is 13.3 Å². The largest absolute Gasteiger partial charge is 0.468 e. The Morgan fingerprint density at radius 1 is 1.69 bits per heavy atom. The summed E-state index contributed by atoms with van der Waals surface area (Å²) in [4.78, 5) is 15.0. The topological polar surface area (TPSA) is 39.2 Å². The highest BCUT2D eigenvalue weighted by Crippen LogP contribution is 2.20. The van der Waals surface area contributed by atoms with Crippen LogP contribution in [0.15, 0.2) is 18.3 Å². The standard InChI is InChI=1S/C8H8ClNO2S/c1-12-8(11)7(13)6-3-2-5(9)4-10-6/h2-4,7,13H,1H3. The predicted octanol–water partition coefficient (Wildman–Crippen LogP) is 1.88. The number of halogens is 1. The van der Waals surface area contributed by atoms with E-state index in [9.17, 15) is 4.79 Å². The molecule has 5 heteroatoms. The van der Waals surface area contributed by atoms with Crippen LogP contribution in [0.1, 0.15) is 10.9 Å². The second kappa shape index (κ2) is 4.48. The van der Waals surface area contributed by atoms with Gasteiger partial charge in [0.1, 0.15) is 5.25 Å². The van der Waals surface area contributed by atoms with Crippen molar-refractivity contribution < 1.29 is 9.53 Å². The van der Waals surface area contributed by atoms with E-state index in [4.69, 9.17) is 11.6 Å². The number of carbonyl (C=O) groups excluding carboxylic acids is 1. The fourth-order valence-electron chi connectivity index (χ4n) is 0.781. The molecule has 0 spiro atoms. The van der Waals surface area contributed by atoms with Crippen LogP contribution in [0.4, 0.5) is 0 Å². The van der Waals surface area contributed by atoms with Gasteiger partial charge < -0.3 is 4.74 Å². The van der Waals surface area contributed by atoms with E-state index in [2.05, 4.69) is 22.3 Å². The van der Waals surface area contributed by atoms with Gasteiger partial charge in [0, 0.05) is 6.20 Å². The molecule has 1 rings (SSSR count). The van der Waals surface area contributed by atoms with E-state index in [1.807, 2.05) is 0 Å². The molecule has 0 bridgehead atoms. The molecule has 3 nitrogen and oxygen atoms in total. The van der Waals surface area contributed by atoms with Crippen LogP contribution in [0.5, 0.6) is 0 Å². The molecule has 70 valence electrons. The van der Waals surface area contributed by atoms with Crippen LogP contribution < -0.4 is 0 Å². The molecule has 0 aromatic carbocycles. The van der Waals surface area contributed by atoms with E-state index in [0.717, 1.165) is 0 Å². The van der Waals surface area contributed by atoms with Crippen molar-refractivity contribution in [3.63, 3.8) is 0 Å². The average Bonchev–Trinajstić information content (AvgIpc) is 2.17. The van der Waals surface area contributed by atoms with Crippen molar-refractivity contribution in [3.8, 4) is 0 Å². The fraction of sp³-hybridized carbons (Fsp3) is 0.250. The number of nitrogens with zero attached hydrogens (tertiary/aromatic N) is 1. The third-order valence-electron chi connectivity index (χ3n) is 1.45. The van der Waals surface area contributed by atoms with E-state index in [1.54, 1.807) is 12.1 Å². The minimum absolute atomic E-state index is 0.432. The van der Waals surface area contributed by atoms with Gasteiger partial charge in [0.2, 0.25) is 0 Å². The molecule has 0 aliphatic carbocycles. The molecule has 0 N–H and O–H groups in total. The summed E-state index contributed by atoms with van der Waals surface area (Å²) in [7, 11) is 1.31. The maximum Gasteiger partial charge on any atom is 0.324 e. The Labute approximate surface area is 86.5 Å². The summed E-state index contributed by atoms with van der Waals surface area (Å²) in [5.74, 6) is -0.432. The monoisotopic (exact) mass is 217 g/mol. The maximum atomic E-state index is 11.0. The molecule has 0 saturated heterocycles. The first-order chi connectivity index (χ1) is 6.15. The summed E-state index contributed by atoms with van der Waals surface area (Å²) in [6.45, 7) is 0. The van der Waals surface area contributed by atoms with Gasteiger partial charge in [-0.15, -0.1) is 0 Å². The number of hydrogen-bond donors (Lipinski definition) is 1. The normalized spacial score (nSPS) is 12.2. The van der Waals surface area contributed by atoms with Crippen molar-refractivity contribution in [3.05, 3.63) is 29.0 Å². The Morgan fingerprint density at radius 2 is 2.38 bits per heavy atom. The van der Waals surface area contributed by atoms with E-state index in [0.29, 0.717) is 10.7 Å². The smallest absolute Gasteiger partial charge is 0.324 e. The molecule has 1 aromatic rings. The van der Waals surface area contributed by atoms with E-state index >= 15 is 0 Å². The molecule has 0 amide bonds. The lowest BCUT2D eigenvalue weighted by Crippen LogP contribution is -2.09. The molecular weight excluding hydrogens is 210 g/mol. The van der Waals surface area contributed by atoms with Gasteiger partial charge in [-0.2, -0.15) is 12.6 Å². The number of hydrogen-bond acceptors (Lipinski definition) is 4. The second-order valence-corrected chi connectivity index (χ2v) is 3.28. The Bertz CT molecular complexity index is 302. The maximum absolute atomic E-state index is 11.0. The minimum Gasteiger partial charge on any atom is -0.468 e. The first-order valence-corrected chi connectivity index (χ1v) is 4.42. The van der Waals surface area contributed by atoms with E-state index < -0.39 is 11.2 Å². The van der Waals surface area contributed by atoms with Crippen LogP contribution >= 0.6 is 24.2 Å². The van der Waals surface area contributed by atoms with Gasteiger partial charge in [-0.3, -0.25) is 9.78 Å². The quantitative estimate of drug-likeness (QED) is 0.607. The van der Waals surface area contributed by atoms with Crippen LogP contribution in [0.2, 0.25) is 5.02 Å². The van der Waals surface area contributed by atoms with Crippen molar-refractivity contribution in [2.24, 2.45) is 0 Å². The van der Waals surface area contributed by atoms with Gasteiger partial charge in [0.25, 0.3) is 0 Å². The SMILES string of the molecule is COC(=O)C(S)c1ccc(Cl)cn1. The van der Waals surface area contributed by atoms with Crippen molar-refractivity contribution in [2.45, 2.75) is 5.25 Å². The number of ether oxygens (including phenoxy) is 1. The van der Waals surface area contributed by atoms with Crippen LogP contribution in [0.25, 0.3) is 0 Å². The third-order valence-corrected chi connectivity index (χ3v) is 2.15. The molecule has 0 aliphatic rings. The number of pyridine rings is 1. The van der Waals surface area contributed by atoms with Crippen molar-refractivity contribution >= 4 is 30.2 Å². The Balaban J connectivity index is 2.83. The summed E-state index contributed by atoms with van der Waals surface area (Å²) < 4.78 is 4.51. The molecular formula is C8H8ClNO2S. The van der Waals surface area contributed by atoms with Crippen LogP contribution in [0.3, 0.4) is 0 Å². The minimum atomic E-state index is -0.651. The van der Waals surface area contributed by atoms with Gasteiger partial charge in [-0.25, -0.2) is 0 Å². The summed E-state index contributed by atoms with van der Waals surface area (Å²) in [6.07, 6.45) is 1.46. The van der Waals surface area contributed by atoms with Crippen molar-refractivity contribution in [1.82, 2.24) is 4.98 Å². The fourth-order valence-corrected chi connectivity index (χ4v) is 1.15. The summed E-state index contributed by atoms with van der Waals surface area (Å²) >= 11 is 9.67. The lowest BCUT2D eigenvalue weighted by molar-refractivity contribution is -0.140. The van der Waals surface area contributed by atoms with Crippen molar-refractivity contribution in [2.75, 3.05) is 7.11 Å². The molecule has 0 fully saturated rings. The average molecular weight is 218 g/mol. The molecule has 0 aliphatic heterocycles. The molecule has 1 atom stereocenters. The number of methoxy groups -OCH3 is 1. The molecule has 0 radical (unpaired) electrons. The molecule has 1 heterocycles. The van der Waals surface area contributed by atoms with Gasteiger partial charge in [-0.1, -0.05) is 11.6 Å². The Hall–Kier alpha value is -0.740. The lowest BCUT2D eigenvalue weighted by Gasteiger charge is -2.06. The first-order valence-electron chi connectivity index (χ1n) is 3.52. The third kappa shape index (κ3) is 2.60. The molecule has 1 unspecified atom stereocenters. The van der Waals surface area contributed by atoms with Gasteiger partial charge >= 0.3 is 5.97 Å². The number of esters is 1. The number of carbonyl (C=O) groups is 1. The van der Waals surface area contributed by atoms with Crippen LogP contribution in [0, 0.1) is 0 Å². The van der Waals surface area contributed by atoms with Crippen LogP contribution in [-0.4, -0.2) is 18.1 Å². The number of aromatic nitrogens is 1. The molecule has 1 aromatic heterocycles. The zero-order chi connectivity index (χ0) is 9.84. The second-order valence-electron chi connectivity index (χ2n) is 2.33. The van der Waals surface area contributed by atoms with Crippen molar-refractivity contribution in [1.29, 1.82) is 0 Å². The van der Waals surface area contributed by atoms with E-state index in [-0.39, 0.29) is 0 Å². The molecule has 13 heavy (non-hydrogen) atoms. The highest BCUT2D eigenvalue weighted by molar-refractivity contribution is 7.81. The number of rotatable bonds is 2. The summed E-state index contributed by atoms with van der Waals surface area (Å²) in [5.41, 5.74) is 0.527. The molecule has 0 saturated carbocycles. The van der Waals surface area contributed by atoms with Gasteiger partial charge in [-0.05, 0) is 12.1 Å². The van der Waals surface area contributed by atoms with Crippen LogP contribution in [-0.2, 0) is 9.53 Å². The Kier molecular flexibility index (Phi) is 3.57. The zero-order valence-corrected chi connectivity index (χ0v) is 8.55. The summed E-state index contributed by atoms with van der Waals surface area (Å²) in [5, 5.41) is -0.128. The van der Waals surface area contributed by atoms with Gasteiger partial charge in [0.05, 0.1) is 17.8 Å². The predicted molar refractivity (Wildman–Crippen MR) is 53.0 cm³/mol. The highest BCUT2D eigenvalue weighted by Gasteiger charge is 2.17. The Morgan fingerprint density at radius 3 is 2.85 bits per heavy atom. The van der Waals surface area contributed by atoms with Gasteiger partial charge in [0.15, 0.2) is 0 Å². The lowest BCUT2D eigenvalue weighted by atomic mass is 10.3. The zero-order valence-electron chi connectivity index (χ0n) is 6.90. The first kappa shape index (κ1) is 10.3. The number of thiol groups is 1. The highest BCUT2D eigenvalue weighted by atomic mass is 35.5.